The number of rotatable bonds is 2. The highest BCUT2D eigenvalue weighted by atomic mass is 35.5. The number of aromatic nitrogens is 1. The van der Waals surface area contributed by atoms with Crippen molar-refractivity contribution in [2.75, 3.05) is 5.32 Å². The van der Waals surface area contributed by atoms with Crippen molar-refractivity contribution in [3.63, 3.8) is 0 Å². The first kappa shape index (κ1) is 11.5. The first-order valence-electron chi connectivity index (χ1n) is 4.94. The van der Waals surface area contributed by atoms with Gasteiger partial charge in [0.25, 0.3) is 5.91 Å². The predicted molar refractivity (Wildman–Crippen MR) is 62.7 cm³/mol. The maximum Gasteiger partial charge on any atom is 0.273 e. The lowest BCUT2D eigenvalue weighted by Gasteiger charge is -2.11. The fourth-order valence-electron chi connectivity index (χ4n) is 1.30. The highest BCUT2D eigenvalue weighted by molar-refractivity contribution is 6.44. The lowest BCUT2D eigenvalue weighted by Crippen LogP contribution is -2.33. The van der Waals surface area contributed by atoms with Gasteiger partial charge in [0.2, 0.25) is 5.91 Å². The molecule has 6 nitrogen and oxygen atoms in total. The largest absolute Gasteiger partial charge is 0.304 e. The first-order chi connectivity index (χ1) is 8.16. The third kappa shape index (κ3) is 2.79. The molecule has 0 aliphatic carbocycles. The summed E-state index contributed by atoms with van der Waals surface area (Å²) in [4.78, 5) is 26.5. The molecule has 0 unspecified atom stereocenters. The summed E-state index contributed by atoms with van der Waals surface area (Å²) in [6.07, 6.45) is 2.08. The summed E-state index contributed by atoms with van der Waals surface area (Å²) >= 11 is 5.84. The van der Waals surface area contributed by atoms with Crippen molar-refractivity contribution in [1.82, 2.24) is 10.4 Å². The van der Waals surface area contributed by atoms with E-state index in [1.165, 1.54) is 6.20 Å². The number of hydrogen-bond acceptors (Lipinski definition) is 4. The number of halogens is 1. The number of hydrazone groups is 1. The fourth-order valence-corrected chi connectivity index (χ4v) is 1.46. The number of hydrogen-bond donors (Lipinski definition) is 2. The van der Waals surface area contributed by atoms with Crippen LogP contribution in [0.1, 0.15) is 12.8 Å². The second-order valence-electron chi connectivity index (χ2n) is 3.38. The number of amides is 2. The number of carbonyl (C=O) groups is 2. The third-order valence-corrected chi connectivity index (χ3v) is 2.46. The third-order valence-electron chi connectivity index (χ3n) is 2.16. The van der Waals surface area contributed by atoms with Gasteiger partial charge in [-0.2, -0.15) is 5.10 Å². The quantitative estimate of drug-likeness (QED) is 0.822. The Morgan fingerprint density at radius 3 is 2.94 bits per heavy atom. The van der Waals surface area contributed by atoms with Crippen molar-refractivity contribution in [3.05, 3.63) is 23.4 Å². The topological polar surface area (TPSA) is 83.5 Å². The summed E-state index contributed by atoms with van der Waals surface area (Å²) in [5.41, 5.74) is 2.50. The molecule has 0 saturated heterocycles. The van der Waals surface area contributed by atoms with E-state index in [0.717, 1.165) is 0 Å². The maximum absolute atomic E-state index is 11.7. The molecular weight excluding hydrogens is 244 g/mol. The van der Waals surface area contributed by atoms with E-state index in [4.69, 9.17) is 11.6 Å². The Hall–Kier alpha value is -1.95. The lowest BCUT2D eigenvalue weighted by molar-refractivity contribution is -0.121. The molecule has 0 atom stereocenters. The molecular formula is C10H9ClN4O2. The average Bonchev–Trinajstić information content (AvgIpc) is 2.33. The highest BCUT2D eigenvalue weighted by Gasteiger charge is 2.19. The molecule has 0 radical (unpaired) electrons. The summed E-state index contributed by atoms with van der Waals surface area (Å²) in [5, 5.41) is 6.55. The molecule has 88 valence electrons. The summed E-state index contributed by atoms with van der Waals surface area (Å²) in [7, 11) is 0. The summed E-state index contributed by atoms with van der Waals surface area (Å²) in [5.74, 6) is -0.332. The Kier molecular flexibility index (Phi) is 3.34. The van der Waals surface area contributed by atoms with Crippen LogP contribution in [0.4, 0.5) is 5.82 Å². The molecule has 0 saturated carbocycles. The zero-order valence-corrected chi connectivity index (χ0v) is 9.49. The van der Waals surface area contributed by atoms with Gasteiger partial charge in [-0.05, 0) is 12.1 Å². The molecule has 0 spiro atoms. The van der Waals surface area contributed by atoms with Crippen molar-refractivity contribution < 1.29 is 9.59 Å². The molecule has 0 fully saturated rings. The second-order valence-corrected chi connectivity index (χ2v) is 3.79. The van der Waals surface area contributed by atoms with Crippen molar-refractivity contribution in [2.24, 2.45) is 5.10 Å². The van der Waals surface area contributed by atoms with Gasteiger partial charge in [0.1, 0.15) is 5.71 Å². The molecule has 17 heavy (non-hydrogen) atoms. The van der Waals surface area contributed by atoms with Crippen molar-refractivity contribution in [3.8, 4) is 0 Å². The average molecular weight is 253 g/mol. The van der Waals surface area contributed by atoms with Gasteiger partial charge in [0.05, 0.1) is 5.02 Å². The minimum absolute atomic E-state index is 0.197. The van der Waals surface area contributed by atoms with Crippen LogP contribution >= 0.6 is 11.6 Å². The summed E-state index contributed by atoms with van der Waals surface area (Å²) < 4.78 is 0. The fraction of sp³-hybridized carbons (Fsp3) is 0.200. The van der Waals surface area contributed by atoms with Crippen LogP contribution in [0, 0.1) is 0 Å². The first-order valence-corrected chi connectivity index (χ1v) is 5.32. The summed E-state index contributed by atoms with van der Waals surface area (Å²) in [6, 6.07) is 3.28. The Morgan fingerprint density at radius 1 is 1.47 bits per heavy atom. The molecule has 2 N–H and O–H groups in total. The Labute approximate surface area is 102 Å². The lowest BCUT2D eigenvalue weighted by atomic mass is 10.1. The van der Waals surface area contributed by atoms with Crippen molar-refractivity contribution >= 4 is 34.9 Å². The van der Waals surface area contributed by atoms with Crippen LogP contribution in [0.25, 0.3) is 0 Å². The smallest absolute Gasteiger partial charge is 0.273 e. The van der Waals surface area contributed by atoms with Crippen molar-refractivity contribution in [2.45, 2.75) is 12.8 Å². The second kappa shape index (κ2) is 4.92. The minimum Gasteiger partial charge on any atom is -0.304 e. The van der Waals surface area contributed by atoms with E-state index in [-0.39, 0.29) is 23.9 Å². The van der Waals surface area contributed by atoms with Crippen LogP contribution in [-0.2, 0) is 9.59 Å². The molecule has 2 rings (SSSR count). The van der Waals surface area contributed by atoms with Gasteiger partial charge < -0.3 is 5.32 Å². The van der Waals surface area contributed by atoms with Crippen molar-refractivity contribution in [1.29, 1.82) is 0 Å². The van der Waals surface area contributed by atoms with Gasteiger partial charge in [-0.1, -0.05) is 11.6 Å². The van der Waals surface area contributed by atoms with Crippen LogP contribution in [0.3, 0.4) is 0 Å². The van der Waals surface area contributed by atoms with Crippen LogP contribution in [0.5, 0.6) is 0 Å². The monoisotopic (exact) mass is 252 g/mol. The molecule has 1 aliphatic rings. The molecule has 2 amide bonds. The standard InChI is InChI=1S/C10H9ClN4O2/c11-6-2-1-5-12-9(6)13-10(17)7-3-4-8(16)15-14-7/h1-2,5H,3-4H2,(H,15,16)(H,12,13,17). The van der Waals surface area contributed by atoms with Gasteiger partial charge in [-0.3, -0.25) is 9.59 Å². The molecule has 0 bridgehead atoms. The molecule has 0 aromatic carbocycles. The SMILES string of the molecule is O=C1CCC(C(=O)Nc2ncccc2Cl)=NN1. The van der Waals surface area contributed by atoms with E-state index in [0.29, 0.717) is 11.4 Å². The normalized spacial score (nSPS) is 14.9. The van der Waals surface area contributed by atoms with Gasteiger partial charge in [0.15, 0.2) is 5.82 Å². The predicted octanol–water partition coefficient (Wildman–Crippen LogP) is 0.939. The van der Waals surface area contributed by atoms with Crippen LogP contribution < -0.4 is 10.7 Å². The number of nitrogens with one attached hydrogen (secondary N) is 2. The Morgan fingerprint density at radius 2 is 2.29 bits per heavy atom. The molecule has 7 heteroatoms. The maximum atomic E-state index is 11.7. The van der Waals surface area contributed by atoms with E-state index in [1.54, 1.807) is 12.1 Å². The number of nitrogens with zero attached hydrogens (tertiary/aromatic N) is 2. The number of carbonyl (C=O) groups excluding carboxylic acids is 2. The van der Waals surface area contributed by atoms with Crippen LogP contribution in [-0.4, -0.2) is 22.5 Å². The minimum atomic E-state index is -0.411. The zero-order chi connectivity index (χ0) is 12.3. The highest BCUT2D eigenvalue weighted by Crippen LogP contribution is 2.17. The number of anilines is 1. The summed E-state index contributed by atoms with van der Waals surface area (Å²) in [6.45, 7) is 0. The Bertz CT molecular complexity index is 501. The molecule has 1 aliphatic heterocycles. The van der Waals surface area contributed by atoms with E-state index in [1.807, 2.05) is 0 Å². The van der Waals surface area contributed by atoms with Gasteiger partial charge in [-0.25, -0.2) is 10.4 Å². The molecule has 2 heterocycles. The van der Waals surface area contributed by atoms with E-state index < -0.39 is 5.91 Å². The van der Waals surface area contributed by atoms with E-state index in [9.17, 15) is 9.59 Å². The molecule has 1 aromatic heterocycles. The Balaban J connectivity index is 2.07. The number of pyridine rings is 1. The van der Waals surface area contributed by atoms with E-state index in [2.05, 4.69) is 20.8 Å². The van der Waals surface area contributed by atoms with Gasteiger partial charge in [0, 0.05) is 19.0 Å². The van der Waals surface area contributed by atoms with Crippen LogP contribution in [0.2, 0.25) is 5.02 Å². The van der Waals surface area contributed by atoms with Gasteiger partial charge in [-0.15, -0.1) is 0 Å². The van der Waals surface area contributed by atoms with Gasteiger partial charge >= 0.3 is 0 Å². The van der Waals surface area contributed by atoms with Crippen LogP contribution in [0.15, 0.2) is 23.4 Å². The molecule has 1 aromatic rings. The van der Waals surface area contributed by atoms with E-state index >= 15 is 0 Å². The zero-order valence-electron chi connectivity index (χ0n) is 8.74.